The van der Waals surface area contributed by atoms with E-state index in [-0.39, 0.29) is 11.6 Å². The molecule has 0 aliphatic heterocycles. The highest BCUT2D eigenvalue weighted by Crippen LogP contribution is 2.28. The molecule has 0 unspecified atom stereocenters. The van der Waals surface area contributed by atoms with Gasteiger partial charge in [-0.2, -0.15) is 4.98 Å². The highest BCUT2D eigenvalue weighted by molar-refractivity contribution is 5.41. The van der Waals surface area contributed by atoms with Gasteiger partial charge in [-0.05, 0) is 99.5 Å². The number of anilines is 1. The summed E-state index contributed by atoms with van der Waals surface area (Å²) in [5.41, 5.74) is 6.98. The fraction of sp³-hybridized carbons (Fsp3) is 0.407. The first kappa shape index (κ1) is 23.1. The lowest BCUT2D eigenvalue weighted by Crippen LogP contribution is -2.37. The molecule has 4 rings (SSSR count). The minimum absolute atomic E-state index is 0.199. The van der Waals surface area contributed by atoms with Crippen LogP contribution in [0.4, 0.5) is 5.95 Å². The van der Waals surface area contributed by atoms with Crippen LogP contribution >= 0.6 is 0 Å². The second-order valence-corrected chi connectivity index (χ2v) is 9.60. The third kappa shape index (κ3) is 5.63. The zero-order chi connectivity index (χ0) is 23.5. The predicted molar refractivity (Wildman–Crippen MR) is 133 cm³/mol. The minimum Gasteiger partial charge on any atom is -0.508 e. The predicted octanol–water partition coefficient (Wildman–Crippen LogP) is 3.63. The number of H-pyrrole nitrogens is 1. The molecule has 1 aliphatic rings. The van der Waals surface area contributed by atoms with Crippen molar-refractivity contribution in [3.63, 3.8) is 0 Å². The van der Waals surface area contributed by atoms with Crippen molar-refractivity contribution in [2.75, 3.05) is 26.0 Å². The Bertz CT molecular complexity index is 1140. The van der Waals surface area contributed by atoms with Gasteiger partial charge < -0.3 is 20.3 Å². The van der Waals surface area contributed by atoms with Crippen LogP contribution in [0.3, 0.4) is 0 Å². The number of hydrogen-bond acceptors (Lipinski definition) is 5. The highest BCUT2D eigenvalue weighted by atomic mass is 16.3. The first-order valence-electron chi connectivity index (χ1n) is 11.6. The highest BCUT2D eigenvalue weighted by Gasteiger charge is 2.22. The van der Waals surface area contributed by atoms with Crippen LogP contribution < -0.4 is 10.9 Å². The van der Waals surface area contributed by atoms with Gasteiger partial charge in [0.1, 0.15) is 5.75 Å². The maximum atomic E-state index is 12.3. The minimum atomic E-state index is -0.214. The number of hydrogen-bond donors (Lipinski definition) is 3. The van der Waals surface area contributed by atoms with Gasteiger partial charge in [0, 0.05) is 24.3 Å². The molecule has 0 amide bonds. The van der Waals surface area contributed by atoms with Crippen LogP contribution in [0.2, 0.25) is 0 Å². The summed E-state index contributed by atoms with van der Waals surface area (Å²) < 4.78 is 0. The molecular formula is C27H34N4O2. The quantitative estimate of drug-likeness (QED) is 0.492. The lowest BCUT2D eigenvalue weighted by molar-refractivity contribution is 0.302. The number of phenolic OH excluding ortho intramolecular Hbond substituents is 1. The summed E-state index contributed by atoms with van der Waals surface area (Å²) >= 11 is 0. The van der Waals surface area contributed by atoms with E-state index in [2.05, 4.69) is 58.5 Å². The van der Waals surface area contributed by atoms with Crippen LogP contribution in [0.25, 0.3) is 0 Å². The molecule has 1 aromatic heterocycles. The number of benzene rings is 2. The fourth-order valence-corrected chi connectivity index (χ4v) is 4.99. The molecule has 6 heteroatoms. The van der Waals surface area contributed by atoms with Crippen molar-refractivity contribution in [3.8, 4) is 5.75 Å². The van der Waals surface area contributed by atoms with Crippen molar-refractivity contribution >= 4 is 5.95 Å². The summed E-state index contributed by atoms with van der Waals surface area (Å²) in [4.78, 5) is 22.0. The molecule has 0 saturated carbocycles. The van der Waals surface area contributed by atoms with E-state index in [1.807, 2.05) is 26.0 Å². The number of aromatic hydroxyl groups is 1. The van der Waals surface area contributed by atoms with Crippen LogP contribution in [0.1, 0.15) is 33.5 Å². The van der Waals surface area contributed by atoms with Crippen LogP contribution in [-0.2, 0) is 25.7 Å². The Morgan fingerprint density at radius 1 is 1.12 bits per heavy atom. The Labute approximate surface area is 195 Å². The maximum Gasteiger partial charge on any atom is 0.274 e. The maximum absolute atomic E-state index is 12.3. The van der Waals surface area contributed by atoms with E-state index in [9.17, 15) is 9.90 Å². The van der Waals surface area contributed by atoms with Gasteiger partial charge in [0.25, 0.3) is 5.56 Å². The van der Waals surface area contributed by atoms with Crippen molar-refractivity contribution in [2.24, 2.45) is 5.92 Å². The van der Waals surface area contributed by atoms with E-state index in [4.69, 9.17) is 0 Å². The van der Waals surface area contributed by atoms with Crippen LogP contribution in [-0.4, -0.2) is 46.7 Å². The normalized spacial score (nSPS) is 14.5. The van der Waals surface area contributed by atoms with Crippen molar-refractivity contribution in [1.29, 1.82) is 0 Å². The van der Waals surface area contributed by atoms with E-state index in [0.29, 0.717) is 24.2 Å². The van der Waals surface area contributed by atoms with Gasteiger partial charge in [-0.1, -0.05) is 24.3 Å². The van der Waals surface area contributed by atoms with E-state index in [1.54, 1.807) is 6.07 Å². The molecule has 0 radical (unpaired) electrons. The number of rotatable bonds is 8. The van der Waals surface area contributed by atoms with Gasteiger partial charge in [0.15, 0.2) is 0 Å². The summed E-state index contributed by atoms with van der Waals surface area (Å²) in [5.74, 6) is 1.33. The zero-order valence-electron chi connectivity index (χ0n) is 20.0. The third-order valence-electron chi connectivity index (χ3n) is 6.80. The van der Waals surface area contributed by atoms with Gasteiger partial charge in [0.05, 0.1) is 0 Å². The van der Waals surface area contributed by atoms with Gasteiger partial charge in [-0.3, -0.25) is 4.79 Å². The van der Waals surface area contributed by atoms with E-state index < -0.39 is 0 Å². The van der Waals surface area contributed by atoms with Crippen molar-refractivity contribution in [1.82, 2.24) is 14.9 Å². The topological polar surface area (TPSA) is 81.2 Å². The molecule has 3 aromatic rings. The first-order valence-corrected chi connectivity index (χ1v) is 11.6. The van der Waals surface area contributed by atoms with Crippen molar-refractivity contribution < 1.29 is 5.11 Å². The number of aromatic nitrogens is 2. The molecule has 1 aliphatic carbocycles. The molecule has 33 heavy (non-hydrogen) atoms. The van der Waals surface area contributed by atoms with E-state index in [0.717, 1.165) is 42.5 Å². The standard InChI is InChI=1S/C27H34N4O2/c1-17-9-24(32)10-18(2)25(17)15-23(31(3)4)16-28-27-29-22(14-26(33)30-27)13-19-11-20-7-5-6-8-21(20)12-19/h5-10,14,19,23,32H,11-13,15-16H2,1-4H3,(H2,28,29,30,33)/t23-/m0/s1. The van der Waals surface area contributed by atoms with Gasteiger partial charge in [-0.15, -0.1) is 0 Å². The Kier molecular flexibility index (Phi) is 6.84. The Hall–Kier alpha value is -3.12. The average Bonchev–Trinajstić information content (AvgIpc) is 3.14. The first-order chi connectivity index (χ1) is 15.8. The lowest BCUT2D eigenvalue weighted by Gasteiger charge is -2.26. The summed E-state index contributed by atoms with van der Waals surface area (Å²) in [6.45, 7) is 4.71. The molecule has 2 aromatic carbocycles. The Morgan fingerprint density at radius 2 is 1.76 bits per heavy atom. The fourth-order valence-electron chi connectivity index (χ4n) is 4.99. The third-order valence-corrected chi connectivity index (χ3v) is 6.80. The molecule has 3 N–H and O–H groups in total. The lowest BCUT2D eigenvalue weighted by atomic mass is 9.95. The molecule has 0 bridgehead atoms. The second-order valence-electron chi connectivity index (χ2n) is 9.60. The number of likely N-dealkylation sites (N-methyl/N-ethyl adjacent to an activating group) is 1. The number of aromatic amines is 1. The van der Waals surface area contributed by atoms with Gasteiger partial charge in [0.2, 0.25) is 5.95 Å². The van der Waals surface area contributed by atoms with Crippen LogP contribution in [0.5, 0.6) is 5.75 Å². The molecular weight excluding hydrogens is 412 g/mol. The van der Waals surface area contributed by atoms with Gasteiger partial charge in [-0.25, -0.2) is 0 Å². The van der Waals surface area contributed by atoms with E-state index in [1.165, 1.54) is 16.7 Å². The summed E-state index contributed by atoms with van der Waals surface area (Å²) in [6, 6.07) is 14.1. The van der Waals surface area contributed by atoms with Gasteiger partial charge >= 0.3 is 0 Å². The number of fused-ring (bicyclic) bond motifs is 1. The Morgan fingerprint density at radius 3 is 2.36 bits per heavy atom. The number of nitrogens with one attached hydrogen (secondary N) is 2. The van der Waals surface area contributed by atoms with Crippen molar-refractivity contribution in [3.05, 3.63) is 86.3 Å². The molecule has 0 saturated heterocycles. The van der Waals surface area contributed by atoms with E-state index >= 15 is 0 Å². The molecule has 0 fully saturated rings. The number of aryl methyl sites for hydroxylation is 2. The summed E-state index contributed by atoms with van der Waals surface area (Å²) in [7, 11) is 4.11. The molecule has 0 spiro atoms. The molecule has 6 nitrogen and oxygen atoms in total. The largest absolute Gasteiger partial charge is 0.508 e. The van der Waals surface area contributed by atoms with Crippen LogP contribution in [0.15, 0.2) is 47.3 Å². The average molecular weight is 447 g/mol. The number of nitrogens with zero attached hydrogens (tertiary/aromatic N) is 2. The second kappa shape index (κ2) is 9.79. The smallest absolute Gasteiger partial charge is 0.274 e. The Balaban J connectivity index is 1.43. The summed E-state index contributed by atoms with van der Waals surface area (Å²) in [6.07, 6.45) is 3.78. The summed E-state index contributed by atoms with van der Waals surface area (Å²) in [5, 5.41) is 13.2. The monoisotopic (exact) mass is 446 g/mol. The molecule has 1 heterocycles. The molecule has 1 atom stereocenters. The van der Waals surface area contributed by atoms with Crippen LogP contribution in [0, 0.1) is 19.8 Å². The zero-order valence-corrected chi connectivity index (χ0v) is 20.0. The number of phenols is 1. The molecule has 174 valence electrons. The SMILES string of the molecule is Cc1cc(O)cc(C)c1C[C@@H](CNc1nc(=O)cc(CC2Cc3ccccc3C2)[nH]1)N(C)C. The van der Waals surface area contributed by atoms with Crippen molar-refractivity contribution in [2.45, 2.75) is 45.6 Å².